The average Bonchev–Trinajstić information content (AvgIpc) is 3.14. The van der Waals surface area contributed by atoms with Gasteiger partial charge in [-0.25, -0.2) is 8.78 Å². The molecule has 150 valence electrons. The van der Waals surface area contributed by atoms with Crippen LogP contribution in [0.3, 0.4) is 0 Å². The molecule has 0 radical (unpaired) electrons. The molecule has 1 saturated carbocycles. The number of hydrogen-bond donors (Lipinski definition) is 2. The summed E-state index contributed by atoms with van der Waals surface area (Å²) in [6.45, 7) is 1.97. The van der Waals surface area contributed by atoms with Crippen LogP contribution in [-0.4, -0.2) is 40.7 Å². The van der Waals surface area contributed by atoms with Gasteiger partial charge in [0.05, 0.1) is 0 Å². The number of aliphatic hydroxyl groups is 1. The minimum Gasteiger partial charge on any atom is -1.00 e. The first-order valence-corrected chi connectivity index (χ1v) is 9.67. The van der Waals surface area contributed by atoms with Crippen LogP contribution in [0.15, 0.2) is 24.0 Å². The number of fused-ring (bicyclic) bond motifs is 1. The predicted molar refractivity (Wildman–Crippen MR) is 96.2 cm³/mol. The number of rotatable bonds is 10. The van der Waals surface area contributed by atoms with Crippen LogP contribution in [0.25, 0.3) is 0 Å². The Bertz CT molecular complexity index is 532. The van der Waals surface area contributed by atoms with Gasteiger partial charge in [0.25, 0.3) is 0 Å². The third-order valence-electron chi connectivity index (χ3n) is 5.31. The minimum atomic E-state index is -1.28. The normalized spacial score (nSPS) is 30.7. The number of ether oxygens (including phenoxy) is 1. The zero-order valence-electron chi connectivity index (χ0n) is 17.3. The molecule has 0 bridgehead atoms. The molecule has 1 aliphatic heterocycles. The summed E-state index contributed by atoms with van der Waals surface area (Å²) in [7, 11) is 0. The molecule has 27 heavy (non-hydrogen) atoms. The molecular formula is C20H31F2NaO4. The maximum Gasteiger partial charge on any atom is 1.00 e. The zero-order valence-corrected chi connectivity index (χ0v) is 18.3. The van der Waals surface area contributed by atoms with Gasteiger partial charge in [-0.1, -0.05) is 31.9 Å². The van der Waals surface area contributed by atoms with E-state index in [-0.39, 0.29) is 55.3 Å². The van der Waals surface area contributed by atoms with E-state index < -0.39 is 24.4 Å². The summed E-state index contributed by atoms with van der Waals surface area (Å²) >= 11 is 0. The summed E-state index contributed by atoms with van der Waals surface area (Å²) in [6.07, 6.45) is 5.45. The van der Waals surface area contributed by atoms with E-state index in [1.54, 1.807) is 12.2 Å². The molecule has 1 saturated heterocycles. The first kappa shape index (κ1) is 24.6. The van der Waals surface area contributed by atoms with E-state index in [0.717, 1.165) is 25.7 Å². The number of halogens is 2. The molecular weight excluding hydrogens is 365 g/mol. The Kier molecular flexibility index (Phi) is 11.1. The predicted octanol–water partition coefficient (Wildman–Crippen LogP) is 1.45. The van der Waals surface area contributed by atoms with Crippen LogP contribution in [-0.2, 0) is 9.53 Å². The van der Waals surface area contributed by atoms with E-state index in [2.05, 4.69) is 0 Å². The van der Waals surface area contributed by atoms with Gasteiger partial charge in [-0.3, -0.25) is 4.79 Å². The van der Waals surface area contributed by atoms with Crippen molar-refractivity contribution in [2.45, 2.75) is 82.8 Å². The van der Waals surface area contributed by atoms with Gasteiger partial charge in [-0.2, -0.15) is 0 Å². The molecule has 1 heterocycles. The number of carboxylic acid groups (broad SMARTS) is 1. The van der Waals surface area contributed by atoms with Gasteiger partial charge in [0.15, 0.2) is 6.17 Å². The number of allylic oxidation sites excluding steroid dienone is 3. The van der Waals surface area contributed by atoms with Crippen molar-refractivity contribution in [3.63, 3.8) is 0 Å². The fraction of sp³-hybridized carbons (Fsp3) is 0.750. The van der Waals surface area contributed by atoms with E-state index in [9.17, 15) is 18.7 Å². The van der Waals surface area contributed by atoms with Crippen molar-refractivity contribution in [1.29, 1.82) is 0 Å². The van der Waals surface area contributed by atoms with Gasteiger partial charge in [-0.05, 0) is 44.1 Å². The summed E-state index contributed by atoms with van der Waals surface area (Å²) in [5.74, 6) is -0.945. The Balaban J connectivity index is 0.00000364. The minimum absolute atomic E-state index is 0. The molecule has 0 aromatic heterocycles. The van der Waals surface area contributed by atoms with Crippen molar-refractivity contribution >= 4 is 5.97 Å². The standard InChI is InChI=1S/C20H30F2O4.Na.H/c1-2-3-6-14(21)15(23)11-9-13-10-12-16-19(13)20(22)17(26-16)7-4-5-8-18(24)25;;/h7,9,11,13-16,19-20,23H,2-6,8,10,12H2,1H3,(H,24,25);;/q;+1;-1/b11-9+,17-7-;;/t13-,14+,15+,16-,19+,20?;;/m0../s1. The fourth-order valence-corrected chi connectivity index (χ4v) is 3.82. The summed E-state index contributed by atoms with van der Waals surface area (Å²) in [5, 5.41) is 18.5. The topological polar surface area (TPSA) is 66.8 Å². The van der Waals surface area contributed by atoms with Crippen molar-refractivity contribution in [1.82, 2.24) is 0 Å². The van der Waals surface area contributed by atoms with Crippen LogP contribution in [0.5, 0.6) is 0 Å². The molecule has 1 aliphatic carbocycles. The van der Waals surface area contributed by atoms with Crippen molar-refractivity contribution in [2.24, 2.45) is 11.8 Å². The van der Waals surface area contributed by atoms with E-state index in [1.807, 2.05) is 6.92 Å². The molecule has 2 aliphatic rings. The molecule has 2 N–H and O–H groups in total. The van der Waals surface area contributed by atoms with Crippen molar-refractivity contribution in [2.75, 3.05) is 0 Å². The van der Waals surface area contributed by atoms with Crippen molar-refractivity contribution in [3.8, 4) is 0 Å². The maximum absolute atomic E-state index is 14.7. The smallest absolute Gasteiger partial charge is 1.00 e. The maximum atomic E-state index is 14.7. The van der Waals surface area contributed by atoms with E-state index >= 15 is 0 Å². The SMILES string of the molecule is CCCC[C@@H](F)[C@H](O)/C=C/[C@H]1CC[C@@H]2O/C(=C\CCCC(=O)O)C(F)[C@@H]21.[H-].[Na+]. The van der Waals surface area contributed by atoms with Crippen molar-refractivity contribution < 1.29 is 59.5 Å². The Labute approximate surface area is 183 Å². The van der Waals surface area contributed by atoms with Gasteiger partial charge < -0.3 is 16.4 Å². The second kappa shape index (κ2) is 12.2. The molecule has 1 unspecified atom stereocenters. The molecule has 4 nitrogen and oxygen atoms in total. The van der Waals surface area contributed by atoms with E-state index in [4.69, 9.17) is 9.84 Å². The summed E-state index contributed by atoms with van der Waals surface area (Å²) < 4.78 is 34.3. The second-order valence-corrected chi connectivity index (χ2v) is 7.30. The number of aliphatic hydroxyl groups excluding tert-OH is 1. The summed E-state index contributed by atoms with van der Waals surface area (Å²) in [6, 6.07) is 0. The molecule has 0 spiro atoms. The summed E-state index contributed by atoms with van der Waals surface area (Å²) in [5.41, 5.74) is 0. The van der Waals surface area contributed by atoms with Crippen molar-refractivity contribution in [3.05, 3.63) is 24.0 Å². The average molecular weight is 396 g/mol. The first-order valence-electron chi connectivity index (χ1n) is 9.67. The Hall–Kier alpha value is -0.430. The molecule has 0 amide bonds. The number of unbranched alkanes of at least 4 members (excludes halogenated alkanes) is 2. The Morgan fingerprint density at radius 2 is 2.15 bits per heavy atom. The van der Waals surface area contributed by atoms with Gasteiger partial charge in [0.2, 0.25) is 0 Å². The second-order valence-electron chi connectivity index (χ2n) is 7.30. The zero-order chi connectivity index (χ0) is 19.1. The number of carbonyl (C=O) groups is 1. The Morgan fingerprint density at radius 1 is 1.41 bits per heavy atom. The van der Waals surface area contributed by atoms with Gasteiger partial charge in [0.1, 0.15) is 24.1 Å². The monoisotopic (exact) mass is 396 g/mol. The molecule has 7 heteroatoms. The van der Waals surface area contributed by atoms with Crippen LogP contribution < -0.4 is 29.6 Å². The van der Waals surface area contributed by atoms with Gasteiger partial charge >= 0.3 is 35.5 Å². The quantitative estimate of drug-likeness (QED) is 0.333. The van der Waals surface area contributed by atoms with Gasteiger partial charge in [0, 0.05) is 12.3 Å². The molecule has 0 aromatic carbocycles. The van der Waals surface area contributed by atoms with Crippen LogP contribution in [0.4, 0.5) is 8.78 Å². The molecule has 2 fully saturated rings. The number of aliphatic carboxylic acids is 1. The van der Waals surface area contributed by atoms with E-state index in [0.29, 0.717) is 25.0 Å². The number of alkyl halides is 2. The van der Waals surface area contributed by atoms with Crippen LogP contribution >= 0.6 is 0 Å². The van der Waals surface area contributed by atoms with Gasteiger partial charge in [-0.15, -0.1) is 0 Å². The van der Waals surface area contributed by atoms with Crippen LogP contribution in [0.2, 0.25) is 0 Å². The largest absolute Gasteiger partial charge is 1.00 e. The first-order chi connectivity index (χ1) is 12.4. The van der Waals surface area contributed by atoms with E-state index in [1.165, 1.54) is 6.08 Å². The molecule has 2 rings (SSSR count). The number of carboxylic acids is 1. The van der Waals surface area contributed by atoms with Crippen LogP contribution in [0, 0.1) is 11.8 Å². The third-order valence-corrected chi connectivity index (χ3v) is 5.31. The third kappa shape index (κ3) is 7.15. The Morgan fingerprint density at radius 3 is 2.81 bits per heavy atom. The number of hydrogen-bond acceptors (Lipinski definition) is 3. The molecule has 6 atom stereocenters. The van der Waals surface area contributed by atoms with Crippen LogP contribution in [0.1, 0.15) is 59.7 Å². The summed E-state index contributed by atoms with van der Waals surface area (Å²) in [4.78, 5) is 10.5. The fourth-order valence-electron chi connectivity index (χ4n) is 3.82. The molecule has 0 aromatic rings.